The van der Waals surface area contributed by atoms with Crippen molar-refractivity contribution in [2.75, 3.05) is 18.6 Å². The molecule has 0 aliphatic heterocycles. The Bertz CT molecular complexity index is 349. The fourth-order valence-electron chi connectivity index (χ4n) is 0.959. The van der Waals surface area contributed by atoms with Crippen molar-refractivity contribution >= 4 is 17.3 Å². The number of hydrogen-bond donors (Lipinski definition) is 3. The quantitative estimate of drug-likeness (QED) is 0.556. The molecule has 0 unspecified atom stereocenters. The molecule has 0 heterocycles. The minimum absolute atomic E-state index is 0.281. The molecular formula is C8H11N3O2. The van der Waals surface area contributed by atoms with Crippen LogP contribution in [0.5, 0.6) is 5.75 Å². The highest BCUT2D eigenvalue weighted by Gasteiger charge is 2.08. The van der Waals surface area contributed by atoms with Gasteiger partial charge in [-0.05, 0) is 12.1 Å². The third-order valence-corrected chi connectivity index (χ3v) is 1.68. The van der Waals surface area contributed by atoms with Gasteiger partial charge in [-0.25, -0.2) is 0 Å². The van der Waals surface area contributed by atoms with E-state index < -0.39 is 5.91 Å². The van der Waals surface area contributed by atoms with Gasteiger partial charge in [0.2, 0.25) is 5.91 Å². The van der Waals surface area contributed by atoms with Gasteiger partial charge in [0.25, 0.3) is 0 Å². The van der Waals surface area contributed by atoms with Gasteiger partial charge in [-0.1, -0.05) is 0 Å². The Kier molecular flexibility index (Phi) is 2.27. The number of amides is 1. The number of primary amides is 1. The summed E-state index contributed by atoms with van der Waals surface area (Å²) in [7, 11) is 1.44. The molecule has 0 spiro atoms. The van der Waals surface area contributed by atoms with Crippen molar-refractivity contribution in [3.63, 3.8) is 0 Å². The number of nitrogens with two attached hydrogens (primary N) is 3. The zero-order valence-corrected chi connectivity index (χ0v) is 7.20. The van der Waals surface area contributed by atoms with Gasteiger partial charge in [-0.3, -0.25) is 4.79 Å². The number of carbonyl (C=O) groups is 1. The molecule has 6 N–H and O–H groups in total. The summed E-state index contributed by atoms with van der Waals surface area (Å²) in [6.07, 6.45) is 0. The van der Waals surface area contributed by atoms with Crippen molar-refractivity contribution in [1.29, 1.82) is 0 Å². The van der Waals surface area contributed by atoms with E-state index in [1.807, 2.05) is 0 Å². The van der Waals surface area contributed by atoms with E-state index in [-0.39, 0.29) is 11.3 Å². The smallest absolute Gasteiger partial charge is 0.248 e. The molecule has 0 saturated carbocycles. The molecular weight excluding hydrogens is 170 g/mol. The molecule has 0 fully saturated rings. The van der Waals surface area contributed by atoms with Gasteiger partial charge < -0.3 is 21.9 Å². The number of methoxy groups -OCH3 is 1. The van der Waals surface area contributed by atoms with Crippen molar-refractivity contribution in [1.82, 2.24) is 0 Å². The standard InChI is InChI=1S/C8H11N3O2/c1-13-6-3-4(8(11)12)2-5(9)7(6)10/h2-3H,9-10H2,1H3,(H2,11,12). The SMILES string of the molecule is COc1cc(C(N)=O)cc(N)c1N. The topological polar surface area (TPSA) is 104 Å². The molecule has 5 nitrogen and oxygen atoms in total. The molecule has 0 aliphatic carbocycles. The Morgan fingerprint density at radius 2 is 2.00 bits per heavy atom. The predicted octanol–water partition coefficient (Wildman–Crippen LogP) is -0.0415. The Morgan fingerprint density at radius 3 is 2.46 bits per heavy atom. The first-order valence-corrected chi connectivity index (χ1v) is 3.59. The average Bonchev–Trinajstić information content (AvgIpc) is 2.09. The molecule has 1 aromatic carbocycles. The van der Waals surface area contributed by atoms with Gasteiger partial charge in [-0.15, -0.1) is 0 Å². The van der Waals surface area contributed by atoms with Crippen LogP contribution in [0.1, 0.15) is 10.4 Å². The lowest BCUT2D eigenvalue weighted by molar-refractivity contribution is 0.1000. The van der Waals surface area contributed by atoms with Crippen LogP contribution in [0.15, 0.2) is 12.1 Å². The van der Waals surface area contributed by atoms with E-state index in [1.54, 1.807) is 0 Å². The molecule has 70 valence electrons. The summed E-state index contributed by atoms with van der Waals surface area (Å²) in [5, 5.41) is 0. The number of nitrogen functional groups attached to an aromatic ring is 2. The number of ether oxygens (including phenoxy) is 1. The van der Waals surface area contributed by atoms with Gasteiger partial charge in [-0.2, -0.15) is 0 Å². The summed E-state index contributed by atoms with van der Waals surface area (Å²) in [5.41, 5.74) is 17.0. The largest absolute Gasteiger partial charge is 0.494 e. The fourth-order valence-corrected chi connectivity index (χ4v) is 0.959. The summed E-state index contributed by atoms with van der Waals surface area (Å²) in [5.74, 6) is -0.209. The number of carbonyl (C=O) groups excluding carboxylic acids is 1. The van der Waals surface area contributed by atoms with Gasteiger partial charge in [0.15, 0.2) is 0 Å². The van der Waals surface area contributed by atoms with Crippen molar-refractivity contribution in [3.8, 4) is 5.75 Å². The van der Waals surface area contributed by atoms with Gasteiger partial charge in [0, 0.05) is 5.56 Å². The number of rotatable bonds is 2. The maximum absolute atomic E-state index is 10.8. The molecule has 0 saturated heterocycles. The van der Waals surface area contributed by atoms with E-state index in [9.17, 15) is 4.79 Å². The second-order valence-electron chi connectivity index (χ2n) is 2.55. The lowest BCUT2D eigenvalue weighted by Crippen LogP contribution is -2.12. The second kappa shape index (κ2) is 3.22. The summed E-state index contributed by atoms with van der Waals surface area (Å²) in [6.45, 7) is 0. The van der Waals surface area contributed by atoms with Crippen LogP contribution in [0.2, 0.25) is 0 Å². The predicted molar refractivity (Wildman–Crippen MR) is 50.3 cm³/mol. The van der Waals surface area contributed by atoms with Crippen LogP contribution in [-0.4, -0.2) is 13.0 Å². The number of anilines is 2. The van der Waals surface area contributed by atoms with E-state index >= 15 is 0 Å². The molecule has 0 atom stereocenters. The maximum atomic E-state index is 10.8. The van der Waals surface area contributed by atoms with Crippen LogP contribution in [0.3, 0.4) is 0 Å². The van der Waals surface area contributed by atoms with Crippen molar-refractivity contribution < 1.29 is 9.53 Å². The summed E-state index contributed by atoms with van der Waals surface area (Å²) >= 11 is 0. The zero-order chi connectivity index (χ0) is 10.0. The van der Waals surface area contributed by atoms with Gasteiger partial charge in [0.1, 0.15) is 5.75 Å². The van der Waals surface area contributed by atoms with Gasteiger partial charge in [0.05, 0.1) is 18.5 Å². The van der Waals surface area contributed by atoms with Crippen LogP contribution >= 0.6 is 0 Å². The minimum atomic E-state index is -0.565. The first kappa shape index (κ1) is 9.18. The van der Waals surface area contributed by atoms with Gasteiger partial charge >= 0.3 is 0 Å². The third-order valence-electron chi connectivity index (χ3n) is 1.68. The minimum Gasteiger partial charge on any atom is -0.494 e. The first-order valence-electron chi connectivity index (χ1n) is 3.59. The van der Waals surface area contributed by atoms with E-state index in [0.717, 1.165) is 0 Å². The van der Waals surface area contributed by atoms with Crippen LogP contribution in [0.25, 0.3) is 0 Å². The monoisotopic (exact) mass is 181 g/mol. The number of hydrogen-bond acceptors (Lipinski definition) is 4. The molecule has 1 aromatic rings. The molecule has 0 aromatic heterocycles. The average molecular weight is 181 g/mol. The lowest BCUT2D eigenvalue weighted by atomic mass is 10.1. The van der Waals surface area contributed by atoms with Crippen LogP contribution in [-0.2, 0) is 0 Å². The molecule has 0 radical (unpaired) electrons. The van der Waals surface area contributed by atoms with Crippen molar-refractivity contribution in [2.45, 2.75) is 0 Å². The Morgan fingerprint density at radius 1 is 1.38 bits per heavy atom. The summed E-state index contributed by atoms with van der Waals surface area (Å²) in [4.78, 5) is 10.8. The highest BCUT2D eigenvalue weighted by Crippen LogP contribution is 2.28. The van der Waals surface area contributed by atoms with E-state index in [0.29, 0.717) is 11.4 Å². The van der Waals surface area contributed by atoms with E-state index in [2.05, 4.69) is 0 Å². The third kappa shape index (κ3) is 1.64. The highest BCUT2D eigenvalue weighted by molar-refractivity contribution is 5.96. The second-order valence-corrected chi connectivity index (χ2v) is 2.55. The van der Waals surface area contributed by atoms with Crippen molar-refractivity contribution in [2.24, 2.45) is 5.73 Å². The van der Waals surface area contributed by atoms with Crippen LogP contribution in [0, 0.1) is 0 Å². The Labute approximate surface area is 75.5 Å². The summed E-state index contributed by atoms with van der Waals surface area (Å²) < 4.78 is 4.90. The zero-order valence-electron chi connectivity index (χ0n) is 7.20. The maximum Gasteiger partial charge on any atom is 0.248 e. The van der Waals surface area contributed by atoms with Crippen molar-refractivity contribution in [3.05, 3.63) is 17.7 Å². The summed E-state index contributed by atoms with van der Waals surface area (Å²) in [6, 6.07) is 2.87. The number of benzene rings is 1. The molecule has 0 aliphatic rings. The lowest BCUT2D eigenvalue weighted by Gasteiger charge is -2.08. The normalized spacial score (nSPS) is 9.62. The first-order chi connectivity index (χ1) is 6.06. The molecule has 1 rings (SSSR count). The fraction of sp³-hybridized carbons (Fsp3) is 0.125. The Hall–Kier alpha value is -1.91. The highest BCUT2D eigenvalue weighted by atomic mass is 16.5. The molecule has 5 heteroatoms. The van der Waals surface area contributed by atoms with E-state index in [4.69, 9.17) is 21.9 Å². The van der Waals surface area contributed by atoms with Crippen LogP contribution < -0.4 is 21.9 Å². The molecule has 13 heavy (non-hydrogen) atoms. The Balaban J connectivity index is 3.30. The van der Waals surface area contributed by atoms with E-state index in [1.165, 1.54) is 19.2 Å². The molecule has 1 amide bonds. The van der Waals surface area contributed by atoms with Crippen LogP contribution in [0.4, 0.5) is 11.4 Å². The molecule has 0 bridgehead atoms.